The Morgan fingerprint density at radius 1 is 1.26 bits per heavy atom. The molecule has 0 aliphatic heterocycles. The molecule has 122 valence electrons. The van der Waals surface area contributed by atoms with E-state index in [9.17, 15) is 4.79 Å². The Hall–Kier alpha value is -2.47. The molecular formula is C17H22N4O2. The lowest BCUT2D eigenvalue weighted by Gasteiger charge is -2.09. The van der Waals surface area contributed by atoms with Gasteiger partial charge in [-0.25, -0.2) is 9.97 Å². The van der Waals surface area contributed by atoms with Gasteiger partial charge in [-0.15, -0.1) is 0 Å². The van der Waals surface area contributed by atoms with Crippen molar-refractivity contribution >= 4 is 11.9 Å². The zero-order chi connectivity index (χ0) is 16.8. The van der Waals surface area contributed by atoms with Crippen molar-refractivity contribution < 1.29 is 9.90 Å². The molecule has 0 saturated carbocycles. The monoisotopic (exact) mass is 314 g/mol. The van der Waals surface area contributed by atoms with Crippen LogP contribution in [0.15, 0.2) is 30.3 Å². The number of rotatable bonds is 6. The second-order valence-electron chi connectivity index (χ2n) is 5.86. The quantitative estimate of drug-likeness (QED) is 0.753. The predicted molar refractivity (Wildman–Crippen MR) is 88.5 cm³/mol. The second-order valence-corrected chi connectivity index (χ2v) is 5.86. The molecule has 1 heterocycles. The molecule has 4 N–H and O–H groups in total. The van der Waals surface area contributed by atoms with Gasteiger partial charge in [-0.3, -0.25) is 4.79 Å². The van der Waals surface area contributed by atoms with Crippen molar-refractivity contribution in [3.8, 4) is 0 Å². The van der Waals surface area contributed by atoms with Crippen LogP contribution in [0.4, 0.5) is 5.95 Å². The summed E-state index contributed by atoms with van der Waals surface area (Å²) in [7, 11) is 0. The lowest BCUT2D eigenvalue weighted by molar-refractivity contribution is 0.0945. The molecule has 6 heteroatoms. The van der Waals surface area contributed by atoms with Gasteiger partial charge in [-0.05, 0) is 29.5 Å². The van der Waals surface area contributed by atoms with Crippen LogP contribution in [-0.4, -0.2) is 21.0 Å². The van der Waals surface area contributed by atoms with Gasteiger partial charge >= 0.3 is 0 Å². The molecule has 23 heavy (non-hydrogen) atoms. The maximum absolute atomic E-state index is 12.3. The van der Waals surface area contributed by atoms with E-state index in [1.54, 1.807) is 6.07 Å². The predicted octanol–water partition coefficient (Wildman–Crippen LogP) is 1.68. The summed E-state index contributed by atoms with van der Waals surface area (Å²) in [5.74, 6) is 0.232. The van der Waals surface area contributed by atoms with Crippen LogP contribution in [0, 0.1) is 5.92 Å². The lowest BCUT2D eigenvalue weighted by Crippen LogP contribution is -2.24. The Kier molecular flexibility index (Phi) is 5.65. The third-order valence-electron chi connectivity index (χ3n) is 3.27. The molecule has 0 bridgehead atoms. The number of hydrogen-bond donors (Lipinski definition) is 3. The van der Waals surface area contributed by atoms with Gasteiger partial charge < -0.3 is 16.2 Å². The number of hydrogen-bond acceptors (Lipinski definition) is 5. The minimum atomic E-state index is -0.293. The molecule has 1 amide bonds. The highest BCUT2D eigenvalue weighted by molar-refractivity contribution is 5.92. The van der Waals surface area contributed by atoms with E-state index in [0.717, 1.165) is 23.2 Å². The molecule has 2 aromatic rings. The summed E-state index contributed by atoms with van der Waals surface area (Å²) in [5.41, 5.74) is 8.44. The number of nitrogen functional groups attached to an aromatic ring is 1. The van der Waals surface area contributed by atoms with Crippen molar-refractivity contribution in [1.29, 1.82) is 0 Å². The number of nitrogens with zero attached hydrogens (tertiary/aromatic N) is 2. The highest BCUT2D eigenvalue weighted by Crippen LogP contribution is 2.10. The van der Waals surface area contributed by atoms with Crippen molar-refractivity contribution in [1.82, 2.24) is 15.3 Å². The zero-order valence-electron chi connectivity index (χ0n) is 13.4. The Morgan fingerprint density at radius 3 is 2.70 bits per heavy atom. The number of aliphatic hydroxyl groups excluding tert-OH is 1. The normalized spacial score (nSPS) is 10.8. The van der Waals surface area contributed by atoms with Crippen LogP contribution in [-0.2, 0) is 19.6 Å². The summed E-state index contributed by atoms with van der Waals surface area (Å²) >= 11 is 0. The third kappa shape index (κ3) is 5.03. The zero-order valence-corrected chi connectivity index (χ0v) is 13.4. The number of benzene rings is 1. The second kappa shape index (κ2) is 7.69. The number of aromatic nitrogens is 2. The largest absolute Gasteiger partial charge is 0.392 e. The number of nitrogens with one attached hydrogen (secondary N) is 1. The van der Waals surface area contributed by atoms with Gasteiger partial charge in [0.25, 0.3) is 5.91 Å². The van der Waals surface area contributed by atoms with Crippen LogP contribution in [0.5, 0.6) is 0 Å². The van der Waals surface area contributed by atoms with Crippen molar-refractivity contribution in [3.05, 3.63) is 52.8 Å². The Balaban J connectivity index is 2.06. The fourth-order valence-electron chi connectivity index (χ4n) is 2.27. The van der Waals surface area contributed by atoms with Crippen LogP contribution in [0.1, 0.15) is 41.2 Å². The average Bonchev–Trinajstić information content (AvgIpc) is 2.51. The maximum atomic E-state index is 12.3. The molecule has 2 rings (SSSR count). The summed E-state index contributed by atoms with van der Waals surface area (Å²) in [5, 5.41) is 11.9. The van der Waals surface area contributed by atoms with Gasteiger partial charge in [-0.1, -0.05) is 38.1 Å². The van der Waals surface area contributed by atoms with Gasteiger partial charge in [-0.2, -0.15) is 0 Å². The van der Waals surface area contributed by atoms with E-state index >= 15 is 0 Å². The minimum Gasteiger partial charge on any atom is -0.392 e. The Morgan fingerprint density at radius 2 is 2.00 bits per heavy atom. The fraction of sp³-hybridized carbons (Fsp3) is 0.353. The highest BCUT2D eigenvalue weighted by atomic mass is 16.3. The topological polar surface area (TPSA) is 101 Å². The molecule has 0 aliphatic carbocycles. The summed E-state index contributed by atoms with van der Waals surface area (Å²) in [6.07, 6.45) is 0.742. The molecule has 1 aromatic carbocycles. The minimum absolute atomic E-state index is 0.0250. The van der Waals surface area contributed by atoms with E-state index in [1.807, 2.05) is 24.3 Å². The lowest BCUT2D eigenvalue weighted by atomic mass is 10.1. The van der Waals surface area contributed by atoms with Gasteiger partial charge in [0.15, 0.2) is 0 Å². The van der Waals surface area contributed by atoms with Crippen LogP contribution >= 0.6 is 0 Å². The van der Waals surface area contributed by atoms with Gasteiger partial charge in [0.2, 0.25) is 5.95 Å². The van der Waals surface area contributed by atoms with Gasteiger partial charge in [0.1, 0.15) is 5.69 Å². The van der Waals surface area contributed by atoms with Crippen molar-refractivity contribution in [2.45, 2.75) is 33.4 Å². The molecule has 0 aliphatic rings. The molecule has 0 atom stereocenters. The smallest absolute Gasteiger partial charge is 0.270 e. The van der Waals surface area contributed by atoms with Crippen LogP contribution in [0.25, 0.3) is 0 Å². The van der Waals surface area contributed by atoms with Crippen molar-refractivity contribution in [3.63, 3.8) is 0 Å². The summed E-state index contributed by atoms with van der Waals surface area (Å²) in [4.78, 5) is 20.4. The molecule has 0 saturated heterocycles. The SMILES string of the molecule is CC(C)Cc1cc(C(=O)NCc2cccc(CO)c2)nc(N)n1. The summed E-state index contributed by atoms with van der Waals surface area (Å²) in [6.45, 7) is 4.48. The molecular weight excluding hydrogens is 292 g/mol. The third-order valence-corrected chi connectivity index (χ3v) is 3.27. The first kappa shape index (κ1) is 16.9. The Labute approximate surface area is 135 Å². The van der Waals surface area contributed by atoms with E-state index < -0.39 is 0 Å². The molecule has 0 unspecified atom stereocenters. The molecule has 6 nitrogen and oxygen atoms in total. The first-order valence-corrected chi connectivity index (χ1v) is 7.58. The van der Waals surface area contributed by atoms with E-state index in [-0.39, 0.29) is 24.2 Å². The van der Waals surface area contributed by atoms with Crippen LogP contribution in [0.3, 0.4) is 0 Å². The summed E-state index contributed by atoms with van der Waals surface area (Å²) in [6, 6.07) is 9.08. The number of carbonyl (C=O) groups is 1. The van der Waals surface area contributed by atoms with E-state index in [0.29, 0.717) is 12.5 Å². The molecule has 1 aromatic heterocycles. The van der Waals surface area contributed by atoms with Gasteiger partial charge in [0, 0.05) is 12.2 Å². The van der Waals surface area contributed by atoms with E-state index in [4.69, 9.17) is 10.8 Å². The molecule has 0 radical (unpaired) electrons. The first-order chi connectivity index (χ1) is 11.0. The van der Waals surface area contributed by atoms with Crippen molar-refractivity contribution in [2.24, 2.45) is 5.92 Å². The number of amides is 1. The summed E-state index contributed by atoms with van der Waals surface area (Å²) < 4.78 is 0. The molecule has 0 spiro atoms. The Bertz CT molecular complexity index is 686. The average molecular weight is 314 g/mol. The van der Waals surface area contributed by atoms with Crippen LogP contribution < -0.4 is 11.1 Å². The highest BCUT2D eigenvalue weighted by Gasteiger charge is 2.11. The standard InChI is InChI=1S/C17H22N4O2/c1-11(2)6-14-8-15(21-17(18)20-14)16(23)19-9-12-4-3-5-13(7-12)10-22/h3-5,7-8,11,22H,6,9-10H2,1-2H3,(H,19,23)(H2,18,20,21). The van der Waals surface area contributed by atoms with E-state index in [2.05, 4.69) is 29.1 Å². The van der Waals surface area contributed by atoms with E-state index in [1.165, 1.54) is 0 Å². The number of carbonyl (C=O) groups excluding carboxylic acids is 1. The number of anilines is 1. The van der Waals surface area contributed by atoms with Crippen molar-refractivity contribution in [2.75, 3.05) is 5.73 Å². The van der Waals surface area contributed by atoms with Gasteiger partial charge in [0.05, 0.1) is 6.61 Å². The number of aliphatic hydroxyl groups is 1. The molecule has 0 fully saturated rings. The van der Waals surface area contributed by atoms with Crippen LogP contribution in [0.2, 0.25) is 0 Å². The first-order valence-electron chi connectivity index (χ1n) is 7.58. The fourth-order valence-corrected chi connectivity index (χ4v) is 2.27. The number of nitrogens with two attached hydrogens (primary N) is 1. The maximum Gasteiger partial charge on any atom is 0.270 e.